The van der Waals surface area contributed by atoms with Gasteiger partial charge in [0.25, 0.3) is 11.8 Å². The van der Waals surface area contributed by atoms with Crippen molar-refractivity contribution in [2.24, 2.45) is 0 Å². The molecule has 0 radical (unpaired) electrons. The largest absolute Gasteiger partial charge is 0.451 e. The molecule has 2 N–H and O–H groups in total. The highest BCUT2D eigenvalue weighted by atomic mass is 35.5. The number of ether oxygens (including phenoxy) is 1. The van der Waals surface area contributed by atoms with E-state index >= 15 is 0 Å². The Labute approximate surface area is 151 Å². The fourth-order valence-electron chi connectivity index (χ4n) is 1.76. The molecule has 9 heteroatoms. The third kappa shape index (κ3) is 5.54. The zero-order chi connectivity index (χ0) is 18.4. The first-order valence-corrected chi connectivity index (χ1v) is 8.39. The van der Waals surface area contributed by atoms with Crippen molar-refractivity contribution in [2.75, 3.05) is 11.9 Å². The van der Waals surface area contributed by atoms with Gasteiger partial charge in [-0.05, 0) is 36.6 Å². The first-order chi connectivity index (χ1) is 11.9. The Morgan fingerprint density at radius 1 is 1.32 bits per heavy atom. The number of esters is 1. The smallest absolute Gasteiger partial charge is 0.326 e. The highest BCUT2D eigenvalue weighted by molar-refractivity contribution is 7.12. The highest BCUT2D eigenvalue weighted by Gasteiger charge is 2.19. The van der Waals surface area contributed by atoms with E-state index in [0.29, 0.717) is 4.88 Å². The second-order valence-electron chi connectivity index (χ2n) is 4.91. The van der Waals surface area contributed by atoms with Gasteiger partial charge in [-0.15, -0.1) is 11.3 Å². The maximum absolute atomic E-state index is 13.0. The van der Waals surface area contributed by atoms with Crippen molar-refractivity contribution in [1.82, 2.24) is 5.32 Å². The van der Waals surface area contributed by atoms with Crippen molar-refractivity contribution >= 4 is 46.4 Å². The number of anilines is 1. The van der Waals surface area contributed by atoms with Crippen LogP contribution >= 0.6 is 22.9 Å². The summed E-state index contributed by atoms with van der Waals surface area (Å²) in [6.45, 7) is 0.997. The molecule has 132 valence electrons. The molecule has 25 heavy (non-hydrogen) atoms. The number of benzene rings is 1. The standard InChI is InChI=1S/C16H14ClFN2O4S/c1-9(15(22)20-12-5-4-10(18)7-11(12)17)24-14(21)8-19-16(23)13-3-2-6-25-13/h2-7,9H,8H2,1H3,(H,19,23)(H,20,22)/t9-/m0/s1. The normalized spacial score (nSPS) is 11.5. The van der Waals surface area contributed by atoms with Crippen LogP contribution in [0, 0.1) is 5.82 Å². The van der Waals surface area contributed by atoms with Gasteiger partial charge >= 0.3 is 5.97 Å². The Bertz CT molecular complexity index is 782. The Hall–Kier alpha value is -2.45. The Morgan fingerprint density at radius 2 is 2.08 bits per heavy atom. The molecule has 6 nitrogen and oxygen atoms in total. The highest BCUT2D eigenvalue weighted by Crippen LogP contribution is 2.22. The number of halogens is 2. The molecule has 0 aliphatic carbocycles. The van der Waals surface area contributed by atoms with Crippen molar-refractivity contribution in [3.05, 3.63) is 51.4 Å². The van der Waals surface area contributed by atoms with Gasteiger partial charge in [-0.3, -0.25) is 14.4 Å². The molecule has 0 fully saturated rings. The SMILES string of the molecule is C[C@H](OC(=O)CNC(=O)c1cccs1)C(=O)Nc1ccc(F)cc1Cl. The summed E-state index contributed by atoms with van der Waals surface area (Å²) in [7, 11) is 0. The molecular weight excluding hydrogens is 371 g/mol. The number of hydrogen-bond donors (Lipinski definition) is 2. The van der Waals surface area contributed by atoms with Gasteiger partial charge in [0.1, 0.15) is 12.4 Å². The molecule has 0 bridgehead atoms. The molecule has 1 atom stereocenters. The van der Waals surface area contributed by atoms with Gasteiger partial charge in [0.05, 0.1) is 15.6 Å². The lowest BCUT2D eigenvalue weighted by Gasteiger charge is -2.14. The second kappa shape index (κ2) is 8.59. The first-order valence-electron chi connectivity index (χ1n) is 7.14. The number of carbonyl (C=O) groups is 3. The van der Waals surface area contributed by atoms with E-state index in [1.165, 1.54) is 24.3 Å². The maximum Gasteiger partial charge on any atom is 0.326 e. The fraction of sp³-hybridized carbons (Fsp3) is 0.188. The Balaban J connectivity index is 1.81. The van der Waals surface area contributed by atoms with Gasteiger partial charge in [-0.25, -0.2) is 4.39 Å². The predicted molar refractivity (Wildman–Crippen MR) is 92.2 cm³/mol. The van der Waals surface area contributed by atoms with Crippen molar-refractivity contribution in [2.45, 2.75) is 13.0 Å². The van der Waals surface area contributed by atoms with Crippen LogP contribution in [0.25, 0.3) is 0 Å². The van der Waals surface area contributed by atoms with Crippen molar-refractivity contribution in [1.29, 1.82) is 0 Å². The number of rotatable bonds is 6. The monoisotopic (exact) mass is 384 g/mol. The minimum absolute atomic E-state index is 0.0232. The van der Waals surface area contributed by atoms with E-state index in [9.17, 15) is 18.8 Å². The van der Waals surface area contributed by atoms with E-state index in [2.05, 4.69) is 10.6 Å². The third-order valence-electron chi connectivity index (χ3n) is 3.00. The summed E-state index contributed by atoms with van der Waals surface area (Å²) in [5.74, 6) is -2.34. The third-order valence-corrected chi connectivity index (χ3v) is 4.19. The fourth-order valence-corrected chi connectivity index (χ4v) is 2.62. The molecule has 2 aromatic rings. The van der Waals surface area contributed by atoms with Gasteiger partial charge in [0.2, 0.25) is 0 Å². The molecule has 0 saturated heterocycles. The lowest BCUT2D eigenvalue weighted by atomic mass is 10.3. The van der Waals surface area contributed by atoms with Crippen LogP contribution in [0.1, 0.15) is 16.6 Å². The van der Waals surface area contributed by atoms with Gasteiger partial charge < -0.3 is 15.4 Å². The van der Waals surface area contributed by atoms with Crippen LogP contribution in [0.15, 0.2) is 35.7 Å². The van der Waals surface area contributed by atoms with Gasteiger partial charge in [0, 0.05) is 0 Å². The quantitative estimate of drug-likeness (QED) is 0.750. The molecule has 0 unspecified atom stereocenters. The molecule has 1 aromatic carbocycles. The summed E-state index contributed by atoms with van der Waals surface area (Å²) in [5, 5.41) is 6.59. The lowest BCUT2D eigenvalue weighted by Crippen LogP contribution is -2.35. The number of nitrogens with one attached hydrogen (secondary N) is 2. The number of hydrogen-bond acceptors (Lipinski definition) is 5. The molecule has 0 saturated carbocycles. The molecule has 0 aliphatic heterocycles. The Morgan fingerprint density at radius 3 is 2.72 bits per heavy atom. The minimum Gasteiger partial charge on any atom is -0.451 e. The van der Waals surface area contributed by atoms with Crippen LogP contribution in [-0.2, 0) is 14.3 Å². The topological polar surface area (TPSA) is 84.5 Å². The van der Waals surface area contributed by atoms with E-state index in [1.807, 2.05) is 0 Å². The summed E-state index contributed by atoms with van der Waals surface area (Å²) in [6, 6.07) is 6.82. The summed E-state index contributed by atoms with van der Waals surface area (Å²) < 4.78 is 17.9. The van der Waals surface area contributed by atoms with E-state index in [1.54, 1.807) is 17.5 Å². The number of amides is 2. The van der Waals surface area contributed by atoms with Crippen LogP contribution in [0.2, 0.25) is 5.02 Å². The van der Waals surface area contributed by atoms with Gasteiger partial charge in [0.15, 0.2) is 6.10 Å². The van der Waals surface area contributed by atoms with Crippen molar-refractivity contribution < 1.29 is 23.5 Å². The summed E-state index contributed by atoms with van der Waals surface area (Å²) in [6.07, 6.45) is -1.12. The van der Waals surface area contributed by atoms with Crippen LogP contribution in [0.3, 0.4) is 0 Å². The maximum atomic E-state index is 13.0. The summed E-state index contributed by atoms with van der Waals surface area (Å²) in [5.41, 5.74) is 0.196. The van der Waals surface area contributed by atoms with Gasteiger partial charge in [-0.2, -0.15) is 0 Å². The van der Waals surface area contributed by atoms with Crippen molar-refractivity contribution in [3.8, 4) is 0 Å². The average molecular weight is 385 g/mol. The summed E-state index contributed by atoms with van der Waals surface area (Å²) in [4.78, 5) is 35.9. The lowest BCUT2D eigenvalue weighted by molar-refractivity contribution is -0.152. The van der Waals surface area contributed by atoms with Crippen LogP contribution in [0.4, 0.5) is 10.1 Å². The Kier molecular flexibility index (Phi) is 6.49. The van der Waals surface area contributed by atoms with E-state index in [4.69, 9.17) is 16.3 Å². The number of thiophene rings is 1. The number of carbonyl (C=O) groups excluding carboxylic acids is 3. The average Bonchev–Trinajstić information content (AvgIpc) is 3.09. The summed E-state index contributed by atoms with van der Waals surface area (Å²) >= 11 is 7.05. The zero-order valence-electron chi connectivity index (χ0n) is 13.0. The van der Waals surface area contributed by atoms with E-state index in [0.717, 1.165) is 12.1 Å². The molecule has 0 aliphatic rings. The molecular formula is C16H14ClFN2O4S. The first kappa shape index (κ1) is 18.9. The van der Waals surface area contributed by atoms with E-state index < -0.39 is 29.7 Å². The predicted octanol–water partition coefficient (Wildman–Crippen LogP) is 2.84. The molecule has 1 aromatic heterocycles. The van der Waals surface area contributed by atoms with Crippen molar-refractivity contribution in [3.63, 3.8) is 0 Å². The molecule has 2 rings (SSSR count). The van der Waals surface area contributed by atoms with Crippen LogP contribution < -0.4 is 10.6 Å². The van der Waals surface area contributed by atoms with Crippen LogP contribution in [0.5, 0.6) is 0 Å². The molecule has 2 amide bonds. The van der Waals surface area contributed by atoms with Gasteiger partial charge in [-0.1, -0.05) is 17.7 Å². The second-order valence-corrected chi connectivity index (χ2v) is 6.26. The zero-order valence-corrected chi connectivity index (χ0v) is 14.6. The molecule has 0 spiro atoms. The van der Waals surface area contributed by atoms with E-state index in [-0.39, 0.29) is 17.3 Å². The molecule has 1 heterocycles. The minimum atomic E-state index is -1.12. The van der Waals surface area contributed by atoms with Crippen LogP contribution in [-0.4, -0.2) is 30.4 Å².